The summed E-state index contributed by atoms with van der Waals surface area (Å²) in [6.45, 7) is 2.34. The van der Waals surface area contributed by atoms with Gasteiger partial charge in [-0.2, -0.15) is 0 Å². The van der Waals surface area contributed by atoms with Crippen LogP contribution in [0.15, 0.2) is 29.2 Å². The predicted molar refractivity (Wildman–Crippen MR) is 111 cm³/mol. The van der Waals surface area contributed by atoms with Crippen LogP contribution in [0.2, 0.25) is 5.02 Å². The molecule has 0 spiro atoms. The van der Waals surface area contributed by atoms with Crippen LogP contribution in [0, 0.1) is 11.2 Å². The standard InChI is InChI=1S/C22H22ClFN2O5/c1-22-7-2-3-8-31-15(22)11-26-10-13(18(27)19(28)17(26)20(22)29)21(30)25-9-12-5-4-6-14(23)16(12)24/h4-6,10,15,28H,2-3,7-9,11H2,1H3,(H,25,30)/t15-,22+/m1/s1. The van der Waals surface area contributed by atoms with E-state index in [2.05, 4.69) is 5.32 Å². The summed E-state index contributed by atoms with van der Waals surface area (Å²) in [4.78, 5) is 38.5. The van der Waals surface area contributed by atoms with E-state index in [1.807, 2.05) is 0 Å². The quantitative estimate of drug-likeness (QED) is 0.752. The number of ketones is 1. The van der Waals surface area contributed by atoms with Gasteiger partial charge >= 0.3 is 0 Å². The molecule has 0 bridgehead atoms. The van der Waals surface area contributed by atoms with Gasteiger partial charge in [-0.3, -0.25) is 14.4 Å². The first-order chi connectivity index (χ1) is 14.7. The zero-order chi connectivity index (χ0) is 22.3. The molecule has 0 radical (unpaired) electrons. The molecular formula is C22H22ClFN2O5. The third kappa shape index (κ3) is 3.64. The van der Waals surface area contributed by atoms with E-state index in [1.54, 1.807) is 13.0 Å². The number of Topliss-reactive ketones (excluding diaryl/α,β-unsaturated/α-hetero) is 1. The van der Waals surface area contributed by atoms with Crippen molar-refractivity contribution in [3.8, 4) is 5.75 Å². The van der Waals surface area contributed by atoms with Crippen molar-refractivity contribution in [2.45, 2.75) is 45.4 Å². The molecule has 2 atom stereocenters. The Morgan fingerprint density at radius 1 is 1.39 bits per heavy atom. The fourth-order valence-electron chi connectivity index (χ4n) is 4.28. The molecule has 2 aromatic rings. The molecule has 7 nitrogen and oxygen atoms in total. The van der Waals surface area contributed by atoms with Gasteiger partial charge in [0.05, 0.1) is 23.1 Å². The normalized spacial score (nSPS) is 22.9. The van der Waals surface area contributed by atoms with E-state index in [9.17, 15) is 23.9 Å². The van der Waals surface area contributed by atoms with Gasteiger partial charge in [0.15, 0.2) is 11.5 Å². The molecule has 3 heterocycles. The van der Waals surface area contributed by atoms with Gasteiger partial charge in [0.1, 0.15) is 17.1 Å². The average molecular weight is 449 g/mol. The zero-order valence-electron chi connectivity index (χ0n) is 16.9. The predicted octanol–water partition coefficient (Wildman–Crippen LogP) is 3.05. The number of halogens is 2. The first-order valence-electron chi connectivity index (χ1n) is 10.1. The van der Waals surface area contributed by atoms with Crippen molar-refractivity contribution in [3.63, 3.8) is 0 Å². The van der Waals surface area contributed by atoms with Crippen molar-refractivity contribution in [1.29, 1.82) is 0 Å². The number of hydrogen-bond acceptors (Lipinski definition) is 5. The first-order valence-corrected chi connectivity index (χ1v) is 10.5. The van der Waals surface area contributed by atoms with Crippen LogP contribution in [-0.2, 0) is 17.8 Å². The lowest BCUT2D eigenvalue weighted by atomic mass is 9.72. The highest BCUT2D eigenvalue weighted by molar-refractivity contribution is 6.30. The topological polar surface area (TPSA) is 97.6 Å². The molecule has 1 aromatic carbocycles. The minimum Gasteiger partial charge on any atom is -0.503 e. The number of ether oxygens (including phenoxy) is 1. The second-order valence-corrected chi connectivity index (χ2v) is 8.59. The van der Waals surface area contributed by atoms with Gasteiger partial charge in [0.25, 0.3) is 5.91 Å². The second kappa shape index (κ2) is 8.09. The zero-order valence-corrected chi connectivity index (χ0v) is 17.7. The van der Waals surface area contributed by atoms with Crippen LogP contribution < -0.4 is 10.7 Å². The molecule has 0 saturated carbocycles. The molecule has 1 fully saturated rings. The molecule has 0 aliphatic carbocycles. The van der Waals surface area contributed by atoms with E-state index < -0.39 is 34.4 Å². The number of carbonyl (C=O) groups excluding carboxylic acids is 2. The molecule has 1 saturated heterocycles. The molecule has 4 rings (SSSR count). The Morgan fingerprint density at radius 3 is 2.94 bits per heavy atom. The fraction of sp³-hybridized carbons (Fsp3) is 0.409. The number of carbonyl (C=O) groups is 2. The summed E-state index contributed by atoms with van der Waals surface area (Å²) in [5.41, 5.74) is -2.07. The Balaban J connectivity index is 1.66. The van der Waals surface area contributed by atoms with Crippen molar-refractivity contribution in [3.05, 3.63) is 62.3 Å². The smallest absolute Gasteiger partial charge is 0.257 e. The number of amides is 1. The molecule has 164 valence electrons. The highest BCUT2D eigenvalue weighted by Crippen LogP contribution is 2.42. The number of fused-ring (bicyclic) bond motifs is 2. The lowest BCUT2D eigenvalue weighted by Crippen LogP contribution is -2.49. The molecular weight excluding hydrogens is 427 g/mol. The number of rotatable bonds is 3. The van der Waals surface area contributed by atoms with Crippen LogP contribution >= 0.6 is 11.6 Å². The highest BCUT2D eigenvalue weighted by Gasteiger charge is 2.49. The summed E-state index contributed by atoms with van der Waals surface area (Å²) in [5, 5.41) is 12.9. The molecule has 2 N–H and O–H groups in total. The summed E-state index contributed by atoms with van der Waals surface area (Å²) < 4.78 is 21.3. The Morgan fingerprint density at radius 2 is 2.16 bits per heavy atom. The Hall–Kier alpha value is -2.71. The average Bonchev–Trinajstić information content (AvgIpc) is 2.93. The largest absolute Gasteiger partial charge is 0.503 e. The van der Waals surface area contributed by atoms with Crippen molar-refractivity contribution < 1.29 is 23.8 Å². The summed E-state index contributed by atoms with van der Waals surface area (Å²) in [6.07, 6.45) is 3.06. The van der Waals surface area contributed by atoms with E-state index >= 15 is 0 Å². The van der Waals surface area contributed by atoms with Gasteiger partial charge in [0, 0.05) is 24.9 Å². The maximum absolute atomic E-state index is 14.1. The van der Waals surface area contributed by atoms with E-state index in [4.69, 9.17) is 16.3 Å². The molecule has 1 amide bonds. The lowest BCUT2D eigenvalue weighted by molar-refractivity contribution is -0.0284. The SMILES string of the molecule is C[C@]12CCCCO[C@@H]1Cn1cc(C(=O)NCc3cccc(Cl)c3F)c(=O)c(O)c1C2=O. The highest BCUT2D eigenvalue weighted by atomic mass is 35.5. The van der Waals surface area contributed by atoms with Crippen LogP contribution in [0.1, 0.15) is 52.6 Å². The van der Waals surface area contributed by atoms with Crippen molar-refractivity contribution in [1.82, 2.24) is 9.88 Å². The molecule has 9 heteroatoms. The van der Waals surface area contributed by atoms with Gasteiger partial charge in [-0.1, -0.05) is 30.2 Å². The van der Waals surface area contributed by atoms with Crippen molar-refractivity contribution >= 4 is 23.3 Å². The molecule has 0 unspecified atom stereocenters. The maximum Gasteiger partial charge on any atom is 0.257 e. The molecule has 31 heavy (non-hydrogen) atoms. The Labute approximate surface area is 182 Å². The van der Waals surface area contributed by atoms with Crippen LogP contribution in [-0.4, -0.2) is 34.1 Å². The summed E-state index contributed by atoms with van der Waals surface area (Å²) in [5.74, 6) is -2.58. The summed E-state index contributed by atoms with van der Waals surface area (Å²) in [6, 6.07) is 4.39. The van der Waals surface area contributed by atoms with Gasteiger partial charge in [-0.05, 0) is 25.8 Å². The van der Waals surface area contributed by atoms with Crippen LogP contribution in [0.4, 0.5) is 4.39 Å². The third-order valence-corrected chi connectivity index (χ3v) is 6.48. The number of aromatic nitrogens is 1. The van der Waals surface area contributed by atoms with E-state index in [0.717, 1.165) is 12.8 Å². The van der Waals surface area contributed by atoms with E-state index in [1.165, 1.54) is 22.9 Å². The van der Waals surface area contributed by atoms with Crippen LogP contribution in [0.25, 0.3) is 0 Å². The molecule has 2 aliphatic rings. The van der Waals surface area contributed by atoms with Crippen molar-refractivity contribution in [2.75, 3.05) is 6.61 Å². The van der Waals surface area contributed by atoms with Crippen LogP contribution in [0.5, 0.6) is 5.75 Å². The lowest BCUT2D eigenvalue weighted by Gasteiger charge is -2.40. The van der Waals surface area contributed by atoms with E-state index in [0.29, 0.717) is 13.0 Å². The number of aromatic hydroxyl groups is 1. The monoisotopic (exact) mass is 448 g/mol. The number of pyridine rings is 1. The van der Waals surface area contributed by atoms with Crippen LogP contribution in [0.3, 0.4) is 0 Å². The van der Waals surface area contributed by atoms with Crippen molar-refractivity contribution in [2.24, 2.45) is 5.41 Å². The van der Waals surface area contributed by atoms with Gasteiger partial charge in [-0.15, -0.1) is 0 Å². The molecule has 1 aromatic heterocycles. The third-order valence-electron chi connectivity index (χ3n) is 6.19. The number of nitrogens with zero attached hydrogens (tertiary/aromatic N) is 1. The maximum atomic E-state index is 14.1. The summed E-state index contributed by atoms with van der Waals surface area (Å²) in [7, 11) is 0. The Bertz CT molecular complexity index is 1130. The van der Waals surface area contributed by atoms with Gasteiger partial charge in [-0.25, -0.2) is 4.39 Å². The van der Waals surface area contributed by atoms with Gasteiger partial charge in [0.2, 0.25) is 5.43 Å². The fourth-order valence-corrected chi connectivity index (χ4v) is 4.47. The minimum absolute atomic E-state index is 0.0804. The number of benzene rings is 1. The molecule has 2 aliphatic heterocycles. The van der Waals surface area contributed by atoms with E-state index in [-0.39, 0.29) is 40.7 Å². The number of hydrogen-bond donors (Lipinski definition) is 2. The summed E-state index contributed by atoms with van der Waals surface area (Å²) >= 11 is 5.75. The first kappa shape index (κ1) is 21.5. The Kier molecular flexibility index (Phi) is 5.61. The van der Waals surface area contributed by atoms with Gasteiger partial charge < -0.3 is 19.7 Å². The minimum atomic E-state index is -0.944. The second-order valence-electron chi connectivity index (χ2n) is 8.18. The number of nitrogens with one attached hydrogen (secondary N) is 1.